The fourth-order valence-electron chi connectivity index (χ4n) is 2.25. The van der Waals surface area contributed by atoms with Gasteiger partial charge in [-0.2, -0.15) is 0 Å². The Morgan fingerprint density at radius 1 is 1.33 bits per heavy atom. The summed E-state index contributed by atoms with van der Waals surface area (Å²) < 4.78 is 0. The Morgan fingerprint density at radius 3 is 2.87 bits per heavy atom. The van der Waals surface area contributed by atoms with E-state index >= 15 is 0 Å². The third-order valence-corrected chi connectivity index (χ3v) is 3.19. The predicted molar refractivity (Wildman–Crippen MR) is 63.9 cm³/mol. The van der Waals surface area contributed by atoms with Gasteiger partial charge in [0.2, 0.25) is 0 Å². The molecule has 1 saturated heterocycles. The highest BCUT2D eigenvalue weighted by Crippen LogP contribution is 2.27. The van der Waals surface area contributed by atoms with Gasteiger partial charge in [0, 0.05) is 18.8 Å². The number of anilines is 2. The van der Waals surface area contributed by atoms with Gasteiger partial charge in [-0.05, 0) is 31.7 Å². The minimum atomic E-state index is 0.602. The normalized spacial score (nSPS) is 26.7. The lowest BCUT2D eigenvalue weighted by atomic mass is 9.95. The van der Waals surface area contributed by atoms with E-state index in [-0.39, 0.29) is 0 Å². The van der Waals surface area contributed by atoms with Crippen molar-refractivity contribution in [2.24, 2.45) is 5.92 Å². The van der Waals surface area contributed by atoms with Crippen molar-refractivity contribution < 1.29 is 0 Å². The monoisotopic (exact) mass is 205 g/mol. The molecule has 2 rings (SSSR count). The molecule has 3 nitrogen and oxygen atoms in total. The average Bonchev–Trinajstić information content (AvgIpc) is 2.22. The number of piperidine rings is 1. The van der Waals surface area contributed by atoms with Crippen LogP contribution >= 0.6 is 0 Å². The number of hydrogen-bond acceptors (Lipinski definition) is 3. The fraction of sp³-hybridized carbons (Fsp3) is 0.583. The molecule has 1 aliphatic rings. The van der Waals surface area contributed by atoms with E-state index < -0.39 is 0 Å². The quantitative estimate of drug-likeness (QED) is 0.765. The first-order valence-electron chi connectivity index (χ1n) is 5.64. The Bertz CT molecular complexity index is 337. The molecule has 0 amide bonds. The molecule has 1 fully saturated rings. The molecular weight excluding hydrogens is 186 g/mol. The molecule has 3 heteroatoms. The maximum Gasteiger partial charge on any atom is 0.0575 e. The van der Waals surface area contributed by atoms with Gasteiger partial charge >= 0.3 is 0 Å². The van der Waals surface area contributed by atoms with E-state index in [2.05, 4.69) is 23.7 Å². The lowest BCUT2D eigenvalue weighted by Crippen LogP contribution is -2.41. The summed E-state index contributed by atoms with van der Waals surface area (Å²) in [5.74, 6) is 0.766. The Hall–Kier alpha value is -1.25. The van der Waals surface area contributed by atoms with Crippen molar-refractivity contribution in [1.82, 2.24) is 4.98 Å². The molecule has 0 aromatic carbocycles. The molecule has 0 radical (unpaired) electrons. The highest BCUT2D eigenvalue weighted by Gasteiger charge is 2.23. The van der Waals surface area contributed by atoms with Crippen LogP contribution in [0.15, 0.2) is 18.5 Å². The van der Waals surface area contributed by atoms with E-state index in [4.69, 9.17) is 5.73 Å². The molecule has 2 N–H and O–H groups in total. The minimum Gasteiger partial charge on any atom is -0.397 e. The third kappa shape index (κ3) is 2.22. The second-order valence-electron chi connectivity index (χ2n) is 4.66. The first kappa shape index (κ1) is 10.3. The highest BCUT2D eigenvalue weighted by atomic mass is 15.2. The largest absolute Gasteiger partial charge is 0.397 e. The molecule has 2 atom stereocenters. The van der Waals surface area contributed by atoms with Gasteiger partial charge in [0.25, 0.3) is 0 Å². The van der Waals surface area contributed by atoms with Crippen LogP contribution in [0.1, 0.15) is 26.7 Å². The molecule has 0 spiro atoms. The van der Waals surface area contributed by atoms with Gasteiger partial charge in [0.1, 0.15) is 0 Å². The van der Waals surface area contributed by atoms with Crippen LogP contribution in [0.4, 0.5) is 11.4 Å². The van der Waals surface area contributed by atoms with Crippen LogP contribution in [0.5, 0.6) is 0 Å². The van der Waals surface area contributed by atoms with Gasteiger partial charge in [0.15, 0.2) is 0 Å². The summed E-state index contributed by atoms with van der Waals surface area (Å²) in [5, 5.41) is 0. The molecular formula is C12H19N3. The van der Waals surface area contributed by atoms with Gasteiger partial charge in [-0.25, -0.2) is 0 Å². The zero-order valence-electron chi connectivity index (χ0n) is 9.48. The van der Waals surface area contributed by atoms with Gasteiger partial charge in [-0.1, -0.05) is 6.92 Å². The first-order valence-corrected chi connectivity index (χ1v) is 5.64. The third-order valence-electron chi connectivity index (χ3n) is 3.19. The zero-order valence-corrected chi connectivity index (χ0v) is 9.48. The molecule has 1 aromatic rings. The molecule has 0 saturated carbocycles. The molecule has 82 valence electrons. The summed E-state index contributed by atoms with van der Waals surface area (Å²) in [4.78, 5) is 6.57. The molecule has 2 heterocycles. The SMILES string of the molecule is CC1CCC(C)N(c2cncc(N)c2)C1. The number of pyridine rings is 1. The number of hydrogen-bond donors (Lipinski definition) is 1. The second kappa shape index (κ2) is 4.09. The average molecular weight is 205 g/mol. The van der Waals surface area contributed by atoms with Crippen LogP contribution in [0.25, 0.3) is 0 Å². The maximum absolute atomic E-state index is 5.76. The lowest BCUT2D eigenvalue weighted by molar-refractivity contribution is 0.390. The van der Waals surface area contributed by atoms with Crippen LogP contribution < -0.4 is 10.6 Å². The summed E-state index contributed by atoms with van der Waals surface area (Å²) in [6.45, 7) is 5.69. The van der Waals surface area contributed by atoms with Crippen molar-refractivity contribution >= 4 is 11.4 Å². The second-order valence-corrected chi connectivity index (χ2v) is 4.66. The van der Waals surface area contributed by atoms with Crippen LogP contribution in [0.3, 0.4) is 0 Å². The fourth-order valence-corrected chi connectivity index (χ4v) is 2.25. The van der Waals surface area contributed by atoms with Gasteiger partial charge in [0.05, 0.1) is 17.6 Å². The number of rotatable bonds is 1. The van der Waals surface area contributed by atoms with E-state index in [1.165, 1.54) is 12.8 Å². The summed E-state index contributed by atoms with van der Waals surface area (Å²) in [7, 11) is 0. The number of nitrogens with zero attached hydrogens (tertiary/aromatic N) is 2. The van der Waals surface area contributed by atoms with E-state index in [9.17, 15) is 0 Å². The Kier molecular flexibility index (Phi) is 2.80. The van der Waals surface area contributed by atoms with Gasteiger partial charge in [-0.15, -0.1) is 0 Å². The van der Waals surface area contributed by atoms with E-state index in [1.807, 2.05) is 12.3 Å². The topological polar surface area (TPSA) is 42.2 Å². The van der Waals surface area contributed by atoms with Crippen LogP contribution in [-0.4, -0.2) is 17.6 Å². The van der Waals surface area contributed by atoms with E-state index in [0.29, 0.717) is 6.04 Å². The van der Waals surface area contributed by atoms with Gasteiger partial charge < -0.3 is 10.6 Å². The summed E-state index contributed by atoms with van der Waals surface area (Å²) in [6, 6.07) is 2.62. The Morgan fingerprint density at radius 2 is 2.13 bits per heavy atom. The van der Waals surface area contributed by atoms with E-state index in [0.717, 1.165) is 23.8 Å². The summed E-state index contributed by atoms with van der Waals surface area (Å²) >= 11 is 0. The van der Waals surface area contributed by atoms with Gasteiger partial charge in [-0.3, -0.25) is 4.98 Å². The standard InChI is InChI=1S/C12H19N3/c1-9-3-4-10(2)15(8-9)12-5-11(13)6-14-7-12/h5-7,9-10H,3-4,8,13H2,1-2H3. The van der Waals surface area contributed by atoms with Crippen LogP contribution in [-0.2, 0) is 0 Å². The van der Waals surface area contributed by atoms with Crippen molar-refractivity contribution in [3.63, 3.8) is 0 Å². The van der Waals surface area contributed by atoms with E-state index in [1.54, 1.807) is 6.20 Å². The molecule has 0 bridgehead atoms. The Labute approximate surface area is 91.3 Å². The minimum absolute atomic E-state index is 0.602. The van der Waals surface area contributed by atoms with Crippen molar-refractivity contribution in [2.75, 3.05) is 17.2 Å². The van der Waals surface area contributed by atoms with Crippen molar-refractivity contribution in [3.8, 4) is 0 Å². The molecule has 2 unspecified atom stereocenters. The molecule has 0 aliphatic carbocycles. The van der Waals surface area contributed by atoms with Crippen LogP contribution in [0, 0.1) is 5.92 Å². The Balaban J connectivity index is 2.21. The van der Waals surface area contributed by atoms with Crippen molar-refractivity contribution in [1.29, 1.82) is 0 Å². The highest BCUT2D eigenvalue weighted by molar-refractivity contribution is 5.54. The first-order chi connectivity index (χ1) is 7.16. The number of aromatic nitrogens is 1. The molecule has 1 aliphatic heterocycles. The molecule has 1 aromatic heterocycles. The number of nitrogens with two attached hydrogens (primary N) is 1. The number of nitrogen functional groups attached to an aromatic ring is 1. The zero-order chi connectivity index (χ0) is 10.8. The predicted octanol–water partition coefficient (Wildman–Crippen LogP) is 2.29. The molecule has 15 heavy (non-hydrogen) atoms. The lowest BCUT2D eigenvalue weighted by Gasteiger charge is -2.38. The smallest absolute Gasteiger partial charge is 0.0575 e. The van der Waals surface area contributed by atoms with Crippen LogP contribution in [0.2, 0.25) is 0 Å². The summed E-state index contributed by atoms with van der Waals surface area (Å²) in [6.07, 6.45) is 6.19. The summed E-state index contributed by atoms with van der Waals surface area (Å²) in [5.41, 5.74) is 7.67. The van der Waals surface area contributed by atoms with Crippen molar-refractivity contribution in [3.05, 3.63) is 18.5 Å². The van der Waals surface area contributed by atoms with Crippen molar-refractivity contribution in [2.45, 2.75) is 32.7 Å². The maximum atomic E-state index is 5.76.